The van der Waals surface area contributed by atoms with E-state index >= 15 is 0 Å². The molecule has 1 aromatic rings. The van der Waals surface area contributed by atoms with Gasteiger partial charge in [-0.15, -0.1) is 0 Å². The normalized spacial score (nSPS) is 26.7. The van der Waals surface area contributed by atoms with Gasteiger partial charge in [-0.05, 0) is 48.8 Å². The zero-order chi connectivity index (χ0) is 18.7. The Labute approximate surface area is 161 Å². The molecule has 2 fully saturated rings. The molecule has 26 heavy (non-hydrogen) atoms. The van der Waals surface area contributed by atoms with E-state index < -0.39 is 0 Å². The Morgan fingerprint density at radius 3 is 2.58 bits per heavy atom. The number of amides is 2. The Morgan fingerprint density at radius 1 is 1.19 bits per heavy atom. The molecule has 1 N–H and O–H groups in total. The van der Waals surface area contributed by atoms with Crippen molar-refractivity contribution in [3.63, 3.8) is 0 Å². The number of fused-ring (bicyclic) bond motifs is 1. The van der Waals surface area contributed by atoms with Crippen LogP contribution in [0.4, 0.5) is 0 Å². The van der Waals surface area contributed by atoms with Crippen LogP contribution in [0.3, 0.4) is 0 Å². The van der Waals surface area contributed by atoms with Crippen LogP contribution in [-0.2, 0) is 9.59 Å². The summed E-state index contributed by atoms with van der Waals surface area (Å²) in [4.78, 5) is 26.9. The van der Waals surface area contributed by atoms with Gasteiger partial charge in [0.2, 0.25) is 11.8 Å². The Hall–Kier alpha value is -1.55. The fourth-order valence-electron chi connectivity index (χ4n) is 4.71. The fraction of sp³-hybridized carbons (Fsp3) is 0.619. The van der Waals surface area contributed by atoms with E-state index in [1.54, 1.807) is 12.1 Å². The van der Waals surface area contributed by atoms with Crippen molar-refractivity contribution in [3.05, 3.63) is 34.9 Å². The van der Waals surface area contributed by atoms with Gasteiger partial charge < -0.3 is 10.2 Å². The highest BCUT2D eigenvalue weighted by atomic mass is 35.5. The van der Waals surface area contributed by atoms with Crippen LogP contribution in [0, 0.1) is 11.8 Å². The summed E-state index contributed by atoms with van der Waals surface area (Å²) in [7, 11) is 0. The first-order chi connectivity index (χ1) is 12.5. The van der Waals surface area contributed by atoms with E-state index in [1.807, 2.05) is 12.1 Å². The van der Waals surface area contributed by atoms with Crippen molar-refractivity contribution in [1.82, 2.24) is 10.2 Å². The maximum Gasteiger partial charge on any atom is 0.225 e. The van der Waals surface area contributed by atoms with Gasteiger partial charge in [0.15, 0.2) is 0 Å². The predicted octanol–water partition coefficient (Wildman–Crippen LogP) is 4.33. The third-order valence-electron chi connectivity index (χ3n) is 6.09. The van der Waals surface area contributed by atoms with Crippen LogP contribution in [0.1, 0.15) is 64.0 Å². The largest absolute Gasteiger partial charge is 0.349 e. The van der Waals surface area contributed by atoms with Gasteiger partial charge in [-0.1, -0.05) is 43.5 Å². The smallest absolute Gasteiger partial charge is 0.225 e. The Balaban J connectivity index is 1.74. The molecule has 1 aliphatic heterocycles. The third-order valence-corrected chi connectivity index (χ3v) is 6.34. The molecule has 1 heterocycles. The second kappa shape index (κ2) is 8.43. The SMILES string of the molecule is CC(=O)NC(CC(=O)N1CCC(C)C2CCCCC21)c1ccc(Cl)cc1. The Kier molecular flexibility index (Phi) is 6.23. The Bertz CT molecular complexity index is 646. The minimum atomic E-state index is -0.307. The van der Waals surface area contributed by atoms with E-state index in [9.17, 15) is 9.59 Å². The third kappa shape index (κ3) is 4.40. The molecule has 5 heteroatoms. The van der Waals surface area contributed by atoms with E-state index in [0.717, 1.165) is 24.9 Å². The number of benzene rings is 1. The molecule has 2 aliphatic rings. The average Bonchev–Trinajstić information content (AvgIpc) is 2.62. The highest BCUT2D eigenvalue weighted by molar-refractivity contribution is 6.30. The minimum absolute atomic E-state index is 0.124. The van der Waals surface area contributed by atoms with Gasteiger partial charge >= 0.3 is 0 Å². The lowest BCUT2D eigenvalue weighted by Gasteiger charge is -2.47. The number of nitrogens with zero attached hydrogens (tertiary/aromatic N) is 1. The van der Waals surface area contributed by atoms with Gasteiger partial charge in [-0.2, -0.15) is 0 Å². The van der Waals surface area contributed by atoms with Gasteiger partial charge in [0, 0.05) is 24.5 Å². The lowest BCUT2D eigenvalue weighted by molar-refractivity contribution is -0.139. The molecule has 4 atom stereocenters. The molecule has 0 radical (unpaired) electrons. The van der Waals surface area contributed by atoms with E-state index in [-0.39, 0.29) is 17.9 Å². The van der Waals surface area contributed by atoms with Gasteiger partial charge in [0.05, 0.1) is 12.5 Å². The molecule has 0 aromatic heterocycles. The molecule has 1 saturated heterocycles. The highest BCUT2D eigenvalue weighted by Crippen LogP contribution is 2.39. The van der Waals surface area contributed by atoms with Crippen molar-refractivity contribution in [3.8, 4) is 0 Å². The topological polar surface area (TPSA) is 49.4 Å². The number of nitrogens with one attached hydrogen (secondary N) is 1. The second-order valence-corrected chi connectivity index (χ2v) is 8.31. The molecular weight excluding hydrogens is 348 g/mol. The van der Waals surface area contributed by atoms with E-state index in [0.29, 0.717) is 29.3 Å². The van der Waals surface area contributed by atoms with Crippen LogP contribution in [0.15, 0.2) is 24.3 Å². The van der Waals surface area contributed by atoms with Crippen molar-refractivity contribution in [2.75, 3.05) is 6.54 Å². The number of hydrogen-bond acceptors (Lipinski definition) is 2. The number of halogens is 1. The molecule has 1 saturated carbocycles. The number of rotatable bonds is 4. The highest BCUT2D eigenvalue weighted by Gasteiger charge is 2.39. The van der Waals surface area contributed by atoms with Crippen LogP contribution >= 0.6 is 11.6 Å². The maximum absolute atomic E-state index is 13.1. The van der Waals surface area contributed by atoms with Crippen LogP contribution in [0.5, 0.6) is 0 Å². The summed E-state index contributed by atoms with van der Waals surface area (Å²) in [5.74, 6) is 1.37. The number of hydrogen-bond donors (Lipinski definition) is 1. The first kappa shape index (κ1) is 19.2. The van der Waals surface area contributed by atoms with Crippen molar-refractivity contribution < 1.29 is 9.59 Å². The predicted molar refractivity (Wildman–Crippen MR) is 104 cm³/mol. The molecule has 1 aliphatic carbocycles. The number of carbonyl (C=O) groups excluding carboxylic acids is 2. The molecule has 3 rings (SSSR count). The number of carbonyl (C=O) groups is 2. The Morgan fingerprint density at radius 2 is 1.88 bits per heavy atom. The van der Waals surface area contributed by atoms with Gasteiger partial charge in [-0.25, -0.2) is 0 Å². The van der Waals surface area contributed by atoms with Crippen molar-refractivity contribution in [2.45, 2.75) is 64.5 Å². The molecule has 0 spiro atoms. The lowest BCUT2D eigenvalue weighted by Crippen LogP contribution is -2.52. The summed E-state index contributed by atoms with van der Waals surface area (Å²) in [5.41, 5.74) is 0.920. The maximum atomic E-state index is 13.1. The van der Waals surface area contributed by atoms with Gasteiger partial charge in [0.25, 0.3) is 0 Å². The summed E-state index contributed by atoms with van der Waals surface area (Å²) in [6.45, 7) is 4.67. The lowest BCUT2D eigenvalue weighted by atomic mass is 9.72. The van der Waals surface area contributed by atoms with Crippen molar-refractivity contribution in [1.29, 1.82) is 0 Å². The van der Waals surface area contributed by atoms with Crippen molar-refractivity contribution >= 4 is 23.4 Å². The standard InChI is InChI=1S/C21H29ClN2O2/c1-14-11-12-24(20-6-4-3-5-18(14)20)21(26)13-19(23-15(2)25)16-7-9-17(22)10-8-16/h7-10,14,18-20H,3-6,11-13H2,1-2H3,(H,23,25). The molecule has 142 valence electrons. The zero-order valence-corrected chi connectivity index (χ0v) is 16.5. The number of piperidine rings is 1. The summed E-state index contributed by atoms with van der Waals surface area (Å²) in [5, 5.41) is 3.59. The fourth-order valence-corrected chi connectivity index (χ4v) is 4.83. The van der Waals surface area contributed by atoms with Crippen molar-refractivity contribution in [2.24, 2.45) is 11.8 Å². The molecule has 2 amide bonds. The molecule has 0 bridgehead atoms. The van der Waals surface area contributed by atoms with E-state index in [4.69, 9.17) is 11.6 Å². The summed E-state index contributed by atoms with van der Waals surface area (Å²) in [6.07, 6.45) is 6.24. The molecule has 4 nitrogen and oxygen atoms in total. The summed E-state index contributed by atoms with van der Waals surface area (Å²) in [6, 6.07) is 7.45. The quantitative estimate of drug-likeness (QED) is 0.849. The van der Waals surface area contributed by atoms with Crippen LogP contribution in [0.2, 0.25) is 5.02 Å². The average molecular weight is 377 g/mol. The summed E-state index contributed by atoms with van der Waals surface area (Å²) >= 11 is 5.98. The number of likely N-dealkylation sites (tertiary alicyclic amines) is 1. The van der Waals surface area contributed by atoms with Crippen LogP contribution in [-0.4, -0.2) is 29.3 Å². The first-order valence-corrected chi connectivity index (χ1v) is 10.2. The van der Waals surface area contributed by atoms with E-state index in [2.05, 4.69) is 17.1 Å². The second-order valence-electron chi connectivity index (χ2n) is 7.88. The first-order valence-electron chi connectivity index (χ1n) is 9.77. The monoisotopic (exact) mass is 376 g/mol. The summed E-state index contributed by atoms with van der Waals surface area (Å²) < 4.78 is 0. The van der Waals surface area contributed by atoms with Gasteiger partial charge in [0.1, 0.15) is 0 Å². The van der Waals surface area contributed by atoms with Crippen LogP contribution in [0.25, 0.3) is 0 Å². The zero-order valence-electron chi connectivity index (χ0n) is 15.7. The minimum Gasteiger partial charge on any atom is -0.349 e. The molecular formula is C21H29ClN2O2. The van der Waals surface area contributed by atoms with Gasteiger partial charge in [-0.3, -0.25) is 9.59 Å². The van der Waals surface area contributed by atoms with Crippen LogP contribution < -0.4 is 5.32 Å². The molecule has 1 aromatic carbocycles. The molecule has 4 unspecified atom stereocenters. The van der Waals surface area contributed by atoms with E-state index in [1.165, 1.54) is 26.2 Å².